The van der Waals surface area contributed by atoms with Crippen molar-refractivity contribution in [3.05, 3.63) is 18.1 Å². The average Bonchev–Trinajstić information content (AvgIpc) is 2.55. The van der Waals surface area contributed by atoms with Crippen LogP contribution in [0.15, 0.2) is 12.4 Å². The van der Waals surface area contributed by atoms with Gasteiger partial charge in [-0.15, -0.1) is 0 Å². The van der Waals surface area contributed by atoms with Crippen LogP contribution >= 0.6 is 0 Å². The third kappa shape index (κ3) is 2.97. The minimum Gasteiger partial charge on any atom is -0.379 e. The first-order valence-corrected chi connectivity index (χ1v) is 8.79. The van der Waals surface area contributed by atoms with Crippen LogP contribution in [0.2, 0.25) is 0 Å². The largest absolute Gasteiger partial charge is 0.379 e. The Hall–Kier alpha value is -1.20. The predicted octanol–water partition coefficient (Wildman–Crippen LogP) is 2.05. The maximum Gasteiger partial charge on any atom is 0.132 e. The number of nitrogens with zero attached hydrogens (tertiary/aromatic N) is 4. The molecule has 3 aliphatic rings. The number of piperidine rings is 1. The summed E-state index contributed by atoms with van der Waals surface area (Å²) in [5, 5.41) is 0. The first-order valence-electron chi connectivity index (χ1n) is 8.79. The zero-order valence-corrected chi connectivity index (χ0v) is 13.3. The molecule has 4 rings (SSSR count). The van der Waals surface area contributed by atoms with Crippen LogP contribution in [-0.4, -0.2) is 60.3 Å². The molecule has 120 valence electrons. The molecule has 3 fully saturated rings. The molecule has 1 unspecified atom stereocenters. The highest BCUT2D eigenvalue weighted by atomic mass is 16.5. The Morgan fingerprint density at radius 2 is 1.86 bits per heavy atom. The van der Waals surface area contributed by atoms with Gasteiger partial charge in [0.2, 0.25) is 0 Å². The first kappa shape index (κ1) is 14.4. The Morgan fingerprint density at radius 3 is 2.64 bits per heavy atom. The van der Waals surface area contributed by atoms with Crippen molar-refractivity contribution < 1.29 is 4.74 Å². The van der Waals surface area contributed by atoms with E-state index in [4.69, 9.17) is 4.74 Å². The highest BCUT2D eigenvalue weighted by Crippen LogP contribution is 2.36. The van der Waals surface area contributed by atoms with Crippen LogP contribution in [0.3, 0.4) is 0 Å². The molecule has 1 atom stereocenters. The smallest absolute Gasteiger partial charge is 0.132 e. The monoisotopic (exact) mass is 302 g/mol. The van der Waals surface area contributed by atoms with E-state index in [1.165, 1.54) is 37.8 Å². The molecule has 0 aromatic carbocycles. The fourth-order valence-corrected chi connectivity index (χ4v) is 3.87. The summed E-state index contributed by atoms with van der Waals surface area (Å²) < 4.78 is 5.49. The number of morpholine rings is 1. The lowest BCUT2D eigenvalue weighted by Crippen LogP contribution is -2.51. The lowest BCUT2D eigenvalue weighted by Gasteiger charge is -2.41. The molecule has 2 saturated heterocycles. The molecule has 0 bridgehead atoms. The van der Waals surface area contributed by atoms with Crippen molar-refractivity contribution in [3.63, 3.8) is 0 Å². The topological polar surface area (TPSA) is 41.5 Å². The van der Waals surface area contributed by atoms with Crippen LogP contribution in [0.4, 0.5) is 5.82 Å². The molecule has 5 nitrogen and oxygen atoms in total. The summed E-state index contributed by atoms with van der Waals surface area (Å²) in [6.45, 7) is 6.15. The van der Waals surface area contributed by atoms with Gasteiger partial charge in [-0.05, 0) is 25.7 Å². The summed E-state index contributed by atoms with van der Waals surface area (Å²) in [5.74, 6) is 1.82. The molecule has 1 aromatic heterocycles. The summed E-state index contributed by atoms with van der Waals surface area (Å²) >= 11 is 0. The average molecular weight is 302 g/mol. The highest BCUT2D eigenvalue weighted by molar-refractivity contribution is 5.40. The van der Waals surface area contributed by atoms with Gasteiger partial charge in [-0.3, -0.25) is 4.90 Å². The van der Waals surface area contributed by atoms with Crippen molar-refractivity contribution in [2.75, 3.05) is 44.3 Å². The molecule has 3 heterocycles. The summed E-state index contributed by atoms with van der Waals surface area (Å²) in [4.78, 5) is 14.1. The van der Waals surface area contributed by atoms with Crippen molar-refractivity contribution in [1.29, 1.82) is 0 Å². The molecular formula is C17H26N4O. The predicted molar refractivity (Wildman–Crippen MR) is 86.3 cm³/mol. The van der Waals surface area contributed by atoms with Crippen LogP contribution in [0.5, 0.6) is 0 Å². The minimum absolute atomic E-state index is 0.653. The van der Waals surface area contributed by atoms with Gasteiger partial charge >= 0.3 is 0 Å². The van der Waals surface area contributed by atoms with Gasteiger partial charge in [0.25, 0.3) is 0 Å². The second kappa shape index (κ2) is 6.50. The van der Waals surface area contributed by atoms with E-state index in [1.807, 2.05) is 0 Å². The standard InChI is InChI=1S/C17H26N4O/c1-3-14(4-1)16-11-17(19-13-18-16)21-6-2-5-15(12-21)20-7-9-22-10-8-20/h11,13-15H,1-10,12H2. The van der Waals surface area contributed by atoms with Gasteiger partial charge in [0.15, 0.2) is 0 Å². The second-order valence-electron chi connectivity index (χ2n) is 6.82. The number of hydrogen-bond donors (Lipinski definition) is 0. The van der Waals surface area contributed by atoms with E-state index in [0.29, 0.717) is 12.0 Å². The van der Waals surface area contributed by atoms with E-state index in [1.54, 1.807) is 6.33 Å². The van der Waals surface area contributed by atoms with Gasteiger partial charge in [-0.25, -0.2) is 9.97 Å². The van der Waals surface area contributed by atoms with Gasteiger partial charge in [-0.2, -0.15) is 0 Å². The molecule has 22 heavy (non-hydrogen) atoms. The fraction of sp³-hybridized carbons (Fsp3) is 0.765. The first-order chi connectivity index (χ1) is 10.9. The van der Waals surface area contributed by atoms with E-state index in [2.05, 4.69) is 25.8 Å². The third-order valence-electron chi connectivity index (χ3n) is 5.48. The molecule has 0 spiro atoms. The van der Waals surface area contributed by atoms with Crippen LogP contribution < -0.4 is 4.90 Å². The van der Waals surface area contributed by atoms with Crippen molar-refractivity contribution in [1.82, 2.24) is 14.9 Å². The van der Waals surface area contributed by atoms with E-state index >= 15 is 0 Å². The van der Waals surface area contributed by atoms with Gasteiger partial charge in [0, 0.05) is 49.9 Å². The lowest BCUT2D eigenvalue weighted by atomic mass is 9.83. The van der Waals surface area contributed by atoms with Gasteiger partial charge < -0.3 is 9.64 Å². The van der Waals surface area contributed by atoms with E-state index in [-0.39, 0.29) is 0 Å². The van der Waals surface area contributed by atoms with Crippen molar-refractivity contribution in [2.45, 2.75) is 44.1 Å². The molecule has 1 aliphatic carbocycles. The molecule has 0 N–H and O–H groups in total. The number of aromatic nitrogens is 2. The van der Waals surface area contributed by atoms with Gasteiger partial charge in [0.1, 0.15) is 12.1 Å². The molecule has 0 radical (unpaired) electrons. The summed E-state index contributed by atoms with van der Waals surface area (Å²) in [5.41, 5.74) is 1.25. The SMILES string of the molecule is c1nc(C2CCC2)cc(N2CCCC(N3CCOCC3)C2)n1. The molecule has 5 heteroatoms. The normalized spacial score (nSPS) is 27.6. The number of anilines is 1. The number of ether oxygens (including phenoxy) is 1. The quantitative estimate of drug-likeness (QED) is 0.855. The van der Waals surface area contributed by atoms with Crippen LogP contribution in [0.1, 0.15) is 43.7 Å². The molecule has 0 amide bonds. The van der Waals surface area contributed by atoms with Crippen LogP contribution in [0, 0.1) is 0 Å². The Kier molecular flexibility index (Phi) is 4.26. The van der Waals surface area contributed by atoms with Gasteiger partial charge in [0.05, 0.1) is 13.2 Å². The molecule has 1 saturated carbocycles. The number of rotatable bonds is 3. The second-order valence-corrected chi connectivity index (χ2v) is 6.82. The summed E-state index contributed by atoms with van der Waals surface area (Å²) in [6, 6.07) is 2.89. The van der Waals surface area contributed by atoms with Crippen molar-refractivity contribution in [2.24, 2.45) is 0 Å². The maximum atomic E-state index is 5.49. The zero-order valence-electron chi connectivity index (χ0n) is 13.3. The van der Waals surface area contributed by atoms with E-state index in [0.717, 1.165) is 45.2 Å². The van der Waals surface area contributed by atoms with Crippen LogP contribution in [0.25, 0.3) is 0 Å². The van der Waals surface area contributed by atoms with E-state index < -0.39 is 0 Å². The summed E-state index contributed by atoms with van der Waals surface area (Å²) in [6.07, 6.45) is 8.27. The number of hydrogen-bond acceptors (Lipinski definition) is 5. The Morgan fingerprint density at radius 1 is 1.00 bits per heavy atom. The van der Waals surface area contributed by atoms with Crippen molar-refractivity contribution >= 4 is 5.82 Å². The third-order valence-corrected chi connectivity index (χ3v) is 5.48. The Bertz CT molecular complexity index is 499. The molecule has 2 aliphatic heterocycles. The molecule has 1 aromatic rings. The van der Waals surface area contributed by atoms with Crippen LogP contribution in [-0.2, 0) is 4.74 Å². The Labute approximate surface area is 132 Å². The van der Waals surface area contributed by atoms with E-state index in [9.17, 15) is 0 Å². The van der Waals surface area contributed by atoms with Gasteiger partial charge in [-0.1, -0.05) is 6.42 Å². The molecular weight excluding hydrogens is 276 g/mol. The lowest BCUT2D eigenvalue weighted by molar-refractivity contribution is 0.0137. The van der Waals surface area contributed by atoms with Crippen molar-refractivity contribution in [3.8, 4) is 0 Å². The minimum atomic E-state index is 0.653. The summed E-state index contributed by atoms with van der Waals surface area (Å²) in [7, 11) is 0. The fourth-order valence-electron chi connectivity index (χ4n) is 3.87. The highest BCUT2D eigenvalue weighted by Gasteiger charge is 2.28. The maximum absolute atomic E-state index is 5.49. The Balaban J connectivity index is 1.45. The zero-order chi connectivity index (χ0) is 14.8.